The van der Waals surface area contributed by atoms with Crippen LogP contribution in [0.3, 0.4) is 0 Å². The number of nitrogens with one attached hydrogen (secondary N) is 2. The van der Waals surface area contributed by atoms with Gasteiger partial charge in [0.2, 0.25) is 0 Å². The third kappa shape index (κ3) is 7.20. The Morgan fingerprint density at radius 2 is 1.60 bits per heavy atom. The van der Waals surface area contributed by atoms with E-state index in [2.05, 4.69) is 15.8 Å². The minimum atomic E-state index is -1.01. The molecule has 0 atom stereocenters. The first-order chi connectivity index (χ1) is 16.8. The second-order valence-corrected chi connectivity index (χ2v) is 7.72. The lowest BCUT2D eigenvalue weighted by Crippen LogP contribution is -2.32. The van der Waals surface area contributed by atoms with Crippen molar-refractivity contribution in [1.82, 2.24) is 5.43 Å². The number of esters is 1. The summed E-state index contributed by atoms with van der Waals surface area (Å²) in [7, 11) is 2.91. The summed E-state index contributed by atoms with van der Waals surface area (Å²) in [5.41, 5.74) is 3.18. The van der Waals surface area contributed by atoms with Crippen LogP contribution >= 0.6 is 23.2 Å². The van der Waals surface area contributed by atoms with E-state index in [1.807, 2.05) is 0 Å². The number of hydrazone groups is 1. The Hall–Kier alpha value is -4.08. The molecule has 11 heteroatoms. The lowest BCUT2D eigenvalue weighted by Gasteiger charge is -2.10. The number of carbonyl (C=O) groups excluding carboxylic acids is 3. The van der Waals surface area contributed by atoms with Gasteiger partial charge in [0.05, 0.1) is 26.0 Å². The molecule has 3 rings (SSSR count). The number of methoxy groups -OCH3 is 2. The number of nitrogens with zero attached hydrogens (tertiary/aromatic N) is 1. The number of hydrogen-bond donors (Lipinski definition) is 2. The fourth-order valence-corrected chi connectivity index (χ4v) is 3.31. The molecule has 180 valence electrons. The molecule has 9 nitrogen and oxygen atoms in total. The van der Waals surface area contributed by atoms with Crippen LogP contribution < -0.4 is 25.0 Å². The first-order valence-electron chi connectivity index (χ1n) is 9.94. The summed E-state index contributed by atoms with van der Waals surface area (Å²) in [6.07, 6.45) is 1.29. The molecule has 0 spiro atoms. The average molecular weight is 516 g/mol. The van der Waals surface area contributed by atoms with Crippen molar-refractivity contribution in [3.63, 3.8) is 0 Å². The van der Waals surface area contributed by atoms with Gasteiger partial charge in [0.15, 0.2) is 11.5 Å². The molecule has 2 N–H and O–H groups in total. The number of anilines is 1. The SMILES string of the molecule is COc1cccc(C(=O)Oc2ccc(/C=N/NC(=O)C(=O)Nc3cc(Cl)cc(Cl)c3)cc2OC)c1. The number of amides is 2. The average Bonchev–Trinajstić information content (AvgIpc) is 2.84. The van der Waals surface area contributed by atoms with Crippen LogP contribution in [0.5, 0.6) is 17.2 Å². The molecule has 0 aliphatic carbocycles. The Labute approximate surface area is 210 Å². The highest BCUT2D eigenvalue weighted by Gasteiger charge is 2.15. The third-order valence-electron chi connectivity index (χ3n) is 4.40. The van der Waals surface area contributed by atoms with Crippen LogP contribution in [-0.2, 0) is 9.59 Å². The summed E-state index contributed by atoms with van der Waals surface area (Å²) in [5, 5.41) is 6.73. The van der Waals surface area contributed by atoms with E-state index in [9.17, 15) is 14.4 Å². The Morgan fingerprint density at radius 3 is 2.29 bits per heavy atom. The molecule has 2 amide bonds. The van der Waals surface area contributed by atoms with Crippen molar-refractivity contribution in [3.05, 3.63) is 81.8 Å². The fraction of sp³-hybridized carbons (Fsp3) is 0.0833. The zero-order valence-corrected chi connectivity index (χ0v) is 20.0. The van der Waals surface area contributed by atoms with Gasteiger partial charge < -0.3 is 19.5 Å². The molecule has 0 heterocycles. The first kappa shape index (κ1) is 25.5. The van der Waals surface area contributed by atoms with Crippen LogP contribution in [0.4, 0.5) is 5.69 Å². The van der Waals surface area contributed by atoms with Gasteiger partial charge in [-0.05, 0) is 60.2 Å². The summed E-state index contributed by atoms with van der Waals surface area (Å²) in [6, 6.07) is 15.5. The van der Waals surface area contributed by atoms with Crippen molar-refractivity contribution in [1.29, 1.82) is 0 Å². The minimum absolute atomic E-state index is 0.182. The summed E-state index contributed by atoms with van der Waals surface area (Å²) in [4.78, 5) is 36.5. The molecule has 0 aromatic heterocycles. The Bertz CT molecular complexity index is 1280. The number of hydrogen-bond acceptors (Lipinski definition) is 7. The Balaban J connectivity index is 1.62. The van der Waals surface area contributed by atoms with E-state index in [0.717, 1.165) is 0 Å². The Kier molecular flexibility index (Phi) is 8.66. The standard InChI is InChI=1S/C24H19Cl2N3O6/c1-33-19-5-3-4-15(9-19)24(32)35-20-7-6-14(8-21(20)34-2)13-27-29-23(31)22(30)28-18-11-16(25)10-17(26)12-18/h3-13H,1-2H3,(H,28,30)(H,29,31)/b27-13+. The lowest BCUT2D eigenvalue weighted by atomic mass is 10.2. The normalized spacial score (nSPS) is 10.5. The maximum atomic E-state index is 12.5. The zero-order chi connectivity index (χ0) is 25.4. The topological polar surface area (TPSA) is 115 Å². The number of carbonyl (C=O) groups is 3. The molecule has 0 fully saturated rings. The van der Waals surface area contributed by atoms with Gasteiger partial charge in [0, 0.05) is 15.7 Å². The lowest BCUT2D eigenvalue weighted by molar-refractivity contribution is -0.136. The van der Waals surface area contributed by atoms with Crippen molar-refractivity contribution in [3.8, 4) is 17.2 Å². The van der Waals surface area contributed by atoms with Crippen LogP contribution in [0.25, 0.3) is 0 Å². The van der Waals surface area contributed by atoms with Gasteiger partial charge in [-0.25, -0.2) is 10.2 Å². The second kappa shape index (κ2) is 11.9. The van der Waals surface area contributed by atoms with Crippen molar-refractivity contribution in [2.24, 2.45) is 5.10 Å². The molecular formula is C24H19Cl2N3O6. The fourth-order valence-electron chi connectivity index (χ4n) is 2.79. The van der Waals surface area contributed by atoms with Crippen LogP contribution in [-0.4, -0.2) is 38.2 Å². The number of benzene rings is 3. The van der Waals surface area contributed by atoms with E-state index < -0.39 is 17.8 Å². The van der Waals surface area contributed by atoms with Gasteiger partial charge in [-0.2, -0.15) is 5.10 Å². The number of rotatable bonds is 7. The number of halogens is 2. The maximum Gasteiger partial charge on any atom is 0.343 e. The van der Waals surface area contributed by atoms with E-state index in [0.29, 0.717) is 26.9 Å². The molecule has 35 heavy (non-hydrogen) atoms. The third-order valence-corrected chi connectivity index (χ3v) is 4.84. The summed E-state index contributed by atoms with van der Waals surface area (Å²) in [6.45, 7) is 0. The molecule has 3 aromatic carbocycles. The predicted octanol–water partition coefficient (Wildman–Crippen LogP) is 4.32. The number of ether oxygens (including phenoxy) is 3. The monoisotopic (exact) mass is 515 g/mol. The highest BCUT2D eigenvalue weighted by atomic mass is 35.5. The van der Waals surface area contributed by atoms with Gasteiger partial charge in [-0.3, -0.25) is 9.59 Å². The summed E-state index contributed by atoms with van der Waals surface area (Å²) >= 11 is 11.7. The van der Waals surface area contributed by atoms with Crippen LogP contribution in [0.2, 0.25) is 10.0 Å². The van der Waals surface area contributed by atoms with Gasteiger partial charge >= 0.3 is 17.8 Å². The molecule has 0 bridgehead atoms. The predicted molar refractivity (Wildman–Crippen MR) is 132 cm³/mol. The summed E-state index contributed by atoms with van der Waals surface area (Å²) < 4.78 is 15.8. The van der Waals surface area contributed by atoms with Crippen molar-refractivity contribution in [2.45, 2.75) is 0 Å². The van der Waals surface area contributed by atoms with Gasteiger partial charge in [-0.1, -0.05) is 29.3 Å². The molecule has 0 unspecified atom stereocenters. The molecular weight excluding hydrogens is 497 g/mol. The maximum absolute atomic E-state index is 12.5. The van der Waals surface area contributed by atoms with E-state index in [-0.39, 0.29) is 17.2 Å². The smallest absolute Gasteiger partial charge is 0.343 e. The molecule has 3 aromatic rings. The molecule has 0 aliphatic heterocycles. The van der Waals surface area contributed by atoms with Crippen molar-refractivity contribution in [2.75, 3.05) is 19.5 Å². The van der Waals surface area contributed by atoms with E-state index >= 15 is 0 Å². The van der Waals surface area contributed by atoms with Crippen LogP contribution in [0.15, 0.2) is 65.8 Å². The van der Waals surface area contributed by atoms with E-state index in [1.165, 1.54) is 50.8 Å². The Morgan fingerprint density at radius 1 is 0.857 bits per heavy atom. The van der Waals surface area contributed by atoms with E-state index in [1.54, 1.807) is 30.3 Å². The van der Waals surface area contributed by atoms with Crippen molar-refractivity contribution < 1.29 is 28.6 Å². The minimum Gasteiger partial charge on any atom is -0.497 e. The molecule has 0 aliphatic rings. The van der Waals surface area contributed by atoms with Gasteiger partial charge in [0.1, 0.15) is 5.75 Å². The van der Waals surface area contributed by atoms with Gasteiger partial charge in [-0.15, -0.1) is 0 Å². The highest BCUT2D eigenvalue weighted by molar-refractivity contribution is 6.40. The van der Waals surface area contributed by atoms with Gasteiger partial charge in [0.25, 0.3) is 0 Å². The first-order valence-corrected chi connectivity index (χ1v) is 10.7. The van der Waals surface area contributed by atoms with Crippen molar-refractivity contribution >= 4 is 52.9 Å². The van der Waals surface area contributed by atoms with Crippen LogP contribution in [0.1, 0.15) is 15.9 Å². The highest BCUT2D eigenvalue weighted by Crippen LogP contribution is 2.29. The van der Waals surface area contributed by atoms with Crippen LogP contribution in [0, 0.1) is 0 Å². The molecule has 0 saturated heterocycles. The van der Waals surface area contributed by atoms with E-state index in [4.69, 9.17) is 37.4 Å². The quantitative estimate of drug-likeness (QED) is 0.159. The zero-order valence-electron chi connectivity index (χ0n) is 18.5. The summed E-state index contributed by atoms with van der Waals surface area (Å²) in [5.74, 6) is -1.60. The largest absolute Gasteiger partial charge is 0.497 e. The second-order valence-electron chi connectivity index (χ2n) is 6.84. The molecule has 0 radical (unpaired) electrons. The molecule has 0 saturated carbocycles.